The quantitative estimate of drug-likeness (QED) is 0.932. The van der Waals surface area contributed by atoms with Crippen molar-refractivity contribution in [1.29, 1.82) is 0 Å². The first kappa shape index (κ1) is 15.5. The van der Waals surface area contributed by atoms with Gasteiger partial charge in [0.15, 0.2) is 11.5 Å². The van der Waals surface area contributed by atoms with Gasteiger partial charge in [-0.25, -0.2) is 8.78 Å². The van der Waals surface area contributed by atoms with Crippen LogP contribution < -0.4 is 15.2 Å². The van der Waals surface area contributed by atoms with Gasteiger partial charge in [-0.05, 0) is 43.6 Å². The van der Waals surface area contributed by atoms with Gasteiger partial charge in [-0.15, -0.1) is 0 Å². The van der Waals surface area contributed by atoms with Crippen molar-refractivity contribution in [3.05, 3.63) is 23.3 Å². The highest BCUT2D eigenvalue weighted by Crippen LogP contribution is 2.43. The van der Waals surface area contributed by atoms with Crippen LogP contribution >= 0.6 is 0 Å². The SMILES string of the molecule is CN1CC(CN)CC1c1cc2c(cc1C(F)F)OCCCO2. The van der Waals surface area contributed by atoms with Crippen LogP contribution in [0.5, 0.6) is 11.5 Å². The van der Waals surface area contributed by atoms with Crippen molar-refractivity contribution in [2.24, 2.45) is 11.7 Å². The molecular formula is C16H22F2N2O2. The highest BCUT2D eigenvalue weighted by molar-refractivity contribution is 5.49. The van der Waals surface area contributed by atoms with Crippen molar-refractivity contribution in [3.8, 4) is 11.5 Å². The van der Waals surface area contributed by atoms with Gasteiger partial charge >= 0.3 is 0 Å². The molecule has 0 saturated carbocycles. The first-order valence-corrected chi connectivity index (χ1v) is 7.72. The minimum Gasteiger partial charge on any atom is -0.490 e. The van der Waals surface area contributed by atoms with E-state index >= 15 is 0 Å². The lowest BCUT2D eigenvalue weighted by Crippen LogP contribution is -2.21. The topological polar surface area (TPSA) is 47.7 Å². The molecule has 4 nitrogen and oxygen atoms in total. The van der Waals surface area contributed by atoms with Crippen LogP contribution in [0.1, 0.15) is 36.4 Å². The molecule has 1 saturated heterocycles. The smallest absolute Gasteiger partial charge is 0.264 e. The zero-order chi connectivity index (χ0) is 15.7. The van der Waals surface area contributed by atoms with Crippen molar-refractivity contribution in [1.82, 2.24) is 4.90 Å². The van der Waals surface area contributed by atoms with Crippen molar-refractivity contribution in [3.63, 3.8) is 0 Å². The summed E-state index contributed by atoms with van der Waals surface area (Å²) in [4.78, 5) is 2.10. The number of ether oxygens (including phenoxy) is 2. The summed E-state index contributed by atoms with van der Waals surface area (Å²) in [7, 11) is 1.96. The monoisotopic (exact) mass is 312 g/mol. The molecule has 2 N–H and O–H groups in total. The molecule has 0 aliphatic carbocycles. The van der Waals surface area contributed by atoms with Gasteiger partial charge in [0, 0.05) is 24.6 Å². The van der Waals surface area contributed by atoms with Gasteiger partial charge in [-0.3, -0.25) is 4.90 Å². The van der Waals surface area contributed by atoms with E-state index in [2.05, 4.69) is 4.90 Å². The van der Waals surface area contributed by atoms with E-state index in [1.165, 1.54) is 6.07 Å². The third kappa shape index (κ3) is 2.90. The lowest BCUT2D eigenvalue weighted by molar-refractivity contribution is 0.147. The van der Waals surface area contributed by atoms with E-state index in [9.17, 15) is 8.78 Å². The van der Waals surface area contributed by atoms with Gasteiger partial charge < -0.3 is 15.2 Å². The number of alkyl halides is 2. The molecule has 0 spiro atoms. The summed E-state index contributed by atoms with van der Waals surface area (Å²) in [5.41, 5.74) is 6.42. The molecule has 1 aromatic carbocycles. The first-order valence-electron chi connectivity index (χ1n) is 7.72. The summed E-state index contributed by atoms with van der Waals surface area (Å²) < 4.78 is 38.2. The molecule has 2 heterocycles. The molecule has 2 atom stereocenters. The molecule has 1 aromatic rings. The number of hydrogen-bond acceptors (Lipinski definition) is 4. The average Bonchev–Trinajstić information content (AvgIpc) is 2.73. The molecule has 2 unspecified atom stereocenters. The van der Waals surface area contributed by atoms with E-state index in [0.717, 1.165) is 19.4 Å². The van der Waals surface area contributed by atoms with E-state index in [4.69, 9.17) is 15.2 Å². The molecule has 1 fully saturated rings. The zero-order valence-electron chi connectivity index (χ0n) is 12.7. The van der Waals surface area contributed by atoms with Gasteiger partial charge in [0.05, 0.1) is 13.2 Å². The summed E-state index contributed by atoms with van der Waals surface area (Å²) >= 11 is 0. The Morgan fingerprint density at radius 2 is 1.95 bits per heavy atom. The van der Waals surface area contributed by atoms with E-state index in [1.807, 2.05) is 7.05 Å². The fraction of sp³-hybridized carbons (Fsp3) is 0.625. The maximum Gasteiger partial charge on any atom is 0.264 e. The normalized spacial score (nSPS) is 25.5. The van der Waals surface area contributed by atoms with Crippen LogP contribution in [0.15, 0.2) is 12.1 Å². The highest BCUT2D eigenvalue weighted by atomic mass is 19.3. The maximum atomic E-state index is 13.5. The molecule has 6 heteroatoms. The Bertz CT molecular complexity index is 539. The lowest BCUT2D eigenvalue weighted by Gasteiger charge is -2.24. The van der Waals surface area contributed by atoms with Gasteiger partial charge in [0.25, 0.3) is 6.43 Å². The molecule has 0 radical (unpaired) electrons. The number of nitrogens with two attached hydrogens (primary N) is 1. The minimum absolute atomic E-state index is 0.0405. The molecule has 3 rings (SSSR count). The second-order valence-electron chi connectivity index (χ2n) is 6.07. The van der Waals surface area contributed by atoms with Crippen LogP contribution in [0.3, 0.4) is 0 Å². The summed E-state index contributed by atoms with van der Waals surface area (Å²) in [5.74, 6) is 1.34. The number of benzene rings is 1. The largest absolute Gasteiger partial charge is 0.490 e. The average molecular weight is 312 g/mol. The lowest BCUT2D eigenvalue weighted by atomic mass is 9.95. The Hall–Kier alpha value is -1.40. The first-order chi connectivity index (χ1) is 10.6. The van der Waals surface area contributed by atoms with Crippen LogP contribution in [0.25, 0.3) is 0 Å². The van der Waals surface area contributed by atoms with E-state index in [0.29, 0.717) is 42.7 Å². The van der Waals surface area contributed by atoms with Crippen molar-refractivity contribution in [2.75, 3.05) is 33.4 Å². The summed E-state index contributed by atoms with van der Waals surface area (Å²) in [6, 6.07) is 3.14. The number of rotatable bonds is 3. The second kappa shape index (κ2) is 6.38. The van der Waals surface area contributed by atoms with E-state index in [-0.39, 0.29) is 11.6 Å². The highest BCUT2D eigenvalue weighted by Gasteiger charge is 2.33. The van der Waals surface area contributed by atoms with Crippen molar-refractivity contribution in [2.45, 2.75) is 25.3 Å². The maximum absolute atomic E-state index is 13.5. The Labute approximate surface area is 129 Å². The standard InChI is InChI=1S/C16H22F2N2O2/c1-20-9-10(8-19)5-13(20)11-6-14-15(7-12(11)16(17)18)22-4-2-3-21-14/h6-7,10,13,16H,2-5,8-9,19H2,1H3. The molecule has 2 aliphatic heterocycles. The Morgan fingerprint density at radius 1 is 1.27 bits per heavy atom. The number of fused-ring (bicyclic) bond motifs is 1. The number of halogens is 2. The Kier molecular flexibility index (Phi) is 4.49. The number of nitrogens with zero attached hydrogens (tertiary/aromatic N) is 1. The molecule has 122 valence electrons. The summed E-state index contributed by atoms with van der Waals surface area (Å²) in [5, 5.41) is 0. The fourth-order valence-corrected chi connectivity index (χ4v) is 3.36. The van der Waals surface area contributed by atoms with Gasteiger partial charge in [0.1, 0.15) is 0 Å². The zero-order valence-corrected chi connectivity index (χ0v) is 12.7. The van der Waals surface area contributed by atoms with Gasteiger partial charge in [-0.2, -0.15) is 0 Å². The van der Waals surface area contributed by atoms with Crippen LogP contribution in [0.2, 0.25) is 0 Å². The summed E-state index contributed by atoms with van der Waals surface area (Å²) in [6.45, 7) is 2.45. The van der Waals surface area contributed by atoms with Crippen LogP contribution in [-0.4, -0.2) is 38.3 Å². The number of likely N-dealkylation sites (tertiary alicyclic amines) is 1. The van der Waals surface area contributed by atoms with Crippen molar-refractivity contribution >= 4 is 0 Å². The fourth-order valence-electron chi connectivity index (χ4n) is 3.36. The van der Waals surface area contributed by atoms with Crippen molar-refractivity contribution < 1.29 is 18.3 Å². The Morgan fingerprint density at radius 3 is 2.55 bits per heavy atom. The van der Waals surface area contributed by atoms with Gasteiger partial charge in [0.2, 0.25) is 0 Å². The van der Waals surface area contributed by atoms with E-state index < -0.39 is 6.43 Å². The third-order valence-corrected chi connectivity index (χ3v) is 4.52. The molecule has 0 bridgehead atoms. The second-order valence-corrected chi connectivity index (χ2v) is 6.07. The van der Waals surface area contributed by atoms with Gasteiger partial charge in [-0.1, -0.05) is 0 Å². The predicted molar refractivity (Wildman–Crippen MR) is 79.5 cm³/mol. The van der Waals surface area contributed by atoms with Crippen LogP contribution in [0.4, 0.5) is 8.78 Å². The number of hydrogen-bond donors (Lipinski definition) is 1. The van der Waals surface area contributed by atoms with E-state index in [1.54, 1.807) is 6.07 Å². The molecule has 22 heavy (non-hydrogen) atoms. The molecule has 0 aromatic heterocycles. The molecule has 2 aliphatic rings. The summed E-state index contributed by atoms with van der Waals surface area (Å²) in [6.07, 6.45) is -0.976. The van der Waals surface area contributed by atoms with Crippen LogP contribution in [0, 0.1) is 5.92 Å². The molecular weight excluding hydrogens is 290 g/mol. The van der Waals surface area contributed by atoms with Crippen LogP contribution in [-0.2, 0) is 0 Å². The predicted octanol–water partition coefficient (Wildman–Crippen LogP) is 2.74. The third-order valence-electron chi connectivity index (χ3n) is 4.52. The molecule has 0 amide bonds. The minimum atomic E-state index is -2.53. The Balaban J connectivity index is 2.00.